The summed E-state index contributed by atoms with van der Waals surface area (Å²) in [5.41, 5.74) is 5.27. The molecule has 0 radical (unpaired) electrons. The Morgan fingerprint density at radius 2 is 1.79 bits per heavy atom. The van der Waals surface area contributed by atoms with Crippen molar-refractivity contribution in [2.75, 3.05) is 18.0 Å². The number of benzene rings is 2. The molecule has 1 amide bonds. The average Bonchev–Trinajstić information content (AvgIpc) is 3.30. The molecule has 2 aromatic heterocycles. The molecule has 198 valence electrons. The lowest BCUT2D eigenvalue weighted by Gasteiger charge is -2.34. The number of halogens is 3. The maximum atomic E-state index is 13.1. The molecular weight excluding hydrogens is 510 g/mol. The normalized spacial score (nSPS) is 14.3. The van der Waals surface area contributed by atoms with Crippen LogP contribution in [-0.4, -0.2) is 35.0 Å². The number of fused-ring (bicyclic) bond motifs is 1. The van der Waals surface area contributed by atoms with Gasteiger partial charge in [0.05, 0.1) is 10.7 Å². The Kier molecular flexibility index (Phi) is 7.79. The summed E-state index contributed by atoms with van der Waals surface area (Å²) < 4.78 is 30.9. The SMILES string of the molecule is CCc1nc2ccc(Cl)cn2c1C(=O)NCc1ccc(C2CCN(c3ccc(OC(F)F)cc3)CC2)cc1. The number of nitrogens with zero attached hydrogens (tertiary/aromatic N) is 3. The quantitative estimate of drug-likeness (QED) is 0.279. The van der Waals surface area contributed by atoms with E-state index in [2.05, 4.69) is 44.2 Å². The van der Waals surface area contributed by atoms with E-state index in [4.69, 9.17) is 11.6 Å². The van der Waals surface area contributed by atoms with E-state index >= 15 is 0 Å². The van der Waals surface area contributed by atoms with E-state index in [0.29, 0.717) is 35.2 Å². The first-order valence-electron chi connectivity index (χ1n) is 12.7. The largest absolute Gasteiger partial charge is 0.435 e. The highest BCUT2D eigenvalue weighted by Crippen LogP contribution is 2.31. The van der Waals surface area contributed by atoms with Gasteiger partial charge in [-0.05, 0) is 72.7 Å². The maximum Gasteiger partial charge on any atom is 0.387 e. The topological polar surface area (TPSA) is 58.9 Å². The Labute approximate surface area is 225 Å². The predicted molar refractivity (Wildman–Crippen MR) is 144 cm³/mol. The number of hydrogen-bond acceptors (Lipinski definition) is 4. The Bertz CT molecular complexity index is 1400. The molecule has 1 N–H and O–H groups in total. The van der Waals surface area contributed by atoms with Crippen LogP contribution in [0, 0.1) is 0 Å². The van der Waals surface area contributed by atoms with Gasteiger partial charge < -0.3 is 15.0 Å². The molecule has 5 rings (SSSR count). The molecule has 1 aliphatic rings. The van der Waals surface area contributed by atoms with Gasteiger partial charge in [-0.15, -0.1) is 0 Å². The van der Waals surface area contributed by atoms with Crippen LogP contribution >= 0.6 is 11.6 Å². The zero-order valence-corrected chi connectivity index (χ0v) is 21.8. The van der Waals surface area contributed by atoms with Gasteiger partial charge in [0.1, 0.15) is 17.1 Å². The molecule has 3 heterocycles. The molecule has 4 aromatic rings. The second-order valence-electron chi connectivity index (χ2n) is 9.39. The number of aryl methyl sites for hydroxylation is 1. The fraction of sp³-hybridized carbons (Fsp3) is 0.310. The molecule has 2 aromatic carbocycles. The van der Waals surface area contributed by atoms with Gasteiger partial charge >= 0.3 is 6.61 Å². The molecule has 9 heteroatoms. The van der Waals surface area contributed by atoms with Crippen LogP contribution in [0.15, 0.2) is 66.9 Å². The lowest BCUT2D eigenvalue weighted by atomic mass is 9.89. The Hall–Kier alpha value is -3.65. The number of alkyl halides is 2. The summed E-state index contributed by atoms with van der Waals surface area (Å²) in [5.74, 6) is 0.442. The number of pyridine rings is 1. The van der Waals surface area contributed by atoms with E-state index in [-0.39, 0.29) is 11.7 Å². The van der Waals surface area contributed by atoms with Crippen molar-refractivity contribution >= 4 is 28.8 Å². The summed E-state index contributed by atoms with van der Waals surface area (Å²) in [6.07, 6.45) is 4.37. The van der Waals surface area contributed by atoms with Crippen molar-refractivity contribution in [2.45, 2.75) is 45.3 Å². The van der Waals surface area contributed by atoms with E-state index < -0.39 is 6.61 Å². The lowest BCUT2D eigenvalue weighted by molar-refractivity contribution is -0.0498. The predicted octanol–water partition coefficient (Wildman–Crippen LogP) is 6.47. The van der Waals surface area contributed by atoms with Crippen molar-refractivity contribution in [1.29, 1.82) is 0 Å². The van der Waals surface area contributed by atoms with Crippen LogP contribution in [-0.2, 0) is 13.0 Å². The molecule has 1 fully saturated rings. The zero-order chi connectivity index (χ0) is 26.6. The summed E-state index contributed by atoms with van der Waals surface area (Å²) in [7, 11) is 0. The van der Waals surface area contributed by atoms with Gasteiger partial charge in [-0.2, -0.15) is 8.78 Å². The number of piperidine rings is 1. The van der Waals surface area contributed by atoms with Gasteiger partial charge in [0.25, 0.3) is 5.91 Å². The van der Waals surface area contributed by atoms with E-state index in [1.165, 1.54) is 5.56 Å². The van der Waals surface area contributed by atoms with Crippen LogP contribution in [0.4, 0.5) is 14.5 Å². The fourth-order valence-corrected chi connectivity index (χ4v) is 5.20. The first-order valence-corrected chi connectivity index (χ1v) is 13.1. The minimum atomic E-state index is -2.81. The van der Waals surface area contributed by atoms with Crippen molar-refractivity contribution in [3.63, 3.8) is 0 Å². The van der Waals surface area contributed by atoms with Crippen LogP contribution in [0.1, 0.15) is 53.0 Å². The van der Waals surface area contributed by atoms with Gasteiger partial charge in [-0.3, -0.25) is 9.20 Å². The van der Waals surface area contributed by atoms with E-state index in [0.717, 1.165) is 42.9 Å². The number of aromatic nitrogens is 2. The number of carbonyl (C=O) groups is 1. The van der Waals surface area contributed by atoms with Crippen molar-refractivity contribution in [1.82, 2.24) is 14.7 Å². The highest BCUT2D eigenvalue weighted by molar-refractivity contribution is 6.30. The smallest absolute Gasteiger partial charge is 0.387 e. The average molecular weight is 539 g/mol. The lowest BCUT2D eigenvalue weighted by Crippen LogP contribution is -2.32. The number of ether oxygens (including phenoxy) is 1. The van der Waals surface area contributed by atoms with Crippen LogP contribution in [0.5, 0.6) is 5.75 Å². The molecule has 38 heavy (non-hydrogen) atoms. The summed E-state index contributed by atoms with van der Waals surface area (Å²) in [6.45, 7) is 1.36. The standard InChI is InChI=1S/C29H29ClF2N4O2/c1-2-25-27(36-18-22(30)7-12-26(36)34-25)28(37)33-17-19-3-5-20(6-4-19)21-13-15-35(16-14-21)23-8-10-24(11-9-23)38-29(31)32/h3-12,18,21,29H,2,13-17H2,1H3,(H,33,37). The van der Waals surface area contributed by atoms with Crippen LogP contribution in [0.3, 0.4) is 0 Å². The van der Waals surface area contributed by atoms with Crippen molar-refractivity contribution < 1.29 is 18.3 Å². The third-order valence-corrected chi connectivity index (χ3v) is 7.25. The van der Waals surface area contributed by atoms with Gasteiger partial charge in [0.15, 0.2) is 0 Å². The molecule has 0 spiro atoms. The molecule has 6 nitrogen and oxygen atoms in total. The number of carbonyl (C=O) groups excluding carboxylic acids is 1. The number of imidazole rings is 1. The first-order chi connectivity index (χ1) is 18.4. The highest BCUT2D eigenvalue weighted by atomic mass is 35.5. The molecule has 0 bridgehead atoms. The Morgan fingerprint density at radius 3 is 2.45 bits per heavy atom. The zero-order valence-electron chi connectivity index (χ0n) is 21.0. The number of hydrogen-bond donors (Lipinski definition) is 1. The monoisotopic (exact) mass is 538 g/mol. The number of amides is 1. The van der Waals surface area contributed by atoms with Crippen LogP contribution in [0.25, 0.3) is 5.65 Å². The third-order valence-electron chi connectivity index (χ3n) is 7.03. The minimum Gasteiger partial charge on any atom is -0.435 e. The molecule has 0 saturated carbocycles. The van der Waals surface area contributed by atoms with Gasteiger partial charge in [-0.1, -0.05) is 42.8 Å². The molecule has 1 saturated heterocycles. The Balaban J connectivity index is 1.16. The summed E-state index contributed by atoms with van der Waals surface area (Å²) in [5, 5.41) is 3.57. The van der Waals surface area contributed by atoms with Crippen molar-refractivity contribution in [2.24, 2.45) is 0 Å². The Morgan fingerprint density at radius 1 is 1.08 bits per heavy atom. The fourth-order valence-electron chi connectivity index (χ4n) is 5.04. The number of rotatable bonds is 8. The summed E-state index contributed by atoms with van der Waals surface area (Å²) >= 11 is 6.15. The van der Waals surface area contributed by atoms with Crippen LogP contribution < -0.4 is 15.0 Å². The van der Waals surface area contributed by atoms with E-state index in [1.807, 2.05) is 25.1 Å². The number of nitrogens with one attached hydrogen (secondary N) is 1. The molecule has 0 aliphatic carbocycles. The van der Waals surface area contributed by atoms with Crippen molar-refractivity contribution in [3.8, 4) is 5.75 Å². The van der Waals surface area contributed by atoms with Gasteiger partial charge in [0.2, 0.25) is 0 Å². The van der Waals surface area contributed by atoms with Crippen LogP contribution in [0.2, 0.25) is 5.02 Å². The first kappa shape index (κ1) is 26.0. The molecular formula is C29H29ClF2N4O2. The van der Waals surface area contributed by atoms with Gasteiger partial charge in [0, 0.05) is 31.5 Å². The van der Waals surface area contributed by atoms with Crippen molar-refractivity contribution in [3.05, 3.63) is 94.4 Å². The molecule has 0 unspecified atom stereocenters. The highest BCUT2D eigenvalue weighted by Gasteiger charge is 2.22. The molecule has 1 aliphatic heterocycles. The number of anilines is 1. The van der Waals surface area contributed by atoms with Gasteiger partial charge in [-0.25, -0.2) is 4.98 Å². The second-order valence-corrected chi connectivity index (χ2v) is 9.83. The maximum absolute atomic E-state index is 13.1. The minimum absolute atomic E-state index is 0.170. The molecule has 0 atom stereocenters. The van der Waals surface area contributed by atoms with E-state index in [1.54, 1.807) is 28.8 Å². The summed E-state index contributed by atoms with van der Waals surface area (Å²) in [4.78, 5) is 19.9. The second kappa shape index (κ2) is 11.4. The summed E-state index contributed by atoms with van der Waals surface area (Å²) in [6, 6.07) is 18.8. The van der Waals surface area contributed by atoms with E-state index in [9.17, 15) is 13.6 Å². The third kappa shape index (κ3) is 5.75.